The van der Waals surface area contributed by atoms with Crippen molar-refractivity contribution in [3.63, 3.8) is 0 Å². The molecule has 4 aromatic rings. The van der Waals surface area contributed by atoms with E-state index in [4.69, 9.17) is 0 Å². The average Bonchev–Trinajstić information content (AvgIpc) is 3.25. The van der Waals surface area contributed by atoms with Gasteiger partial charge in [0.2, 0.25) is 0 Å². The molecule has 25 heavy (non-hydrogen) atoms. The van der Waals surface area contributed by atoms with Gasteiger partial charge in [-0.25, -0.2) is 4.98 Å². The predicted molar refractivity (Wildman–Crippen MR) is 100 cm³/mol. The first-order valence-corrected chi connectivity index (χ1v) is 8.74. The Morgan fingerprint density at radius 2 is 2.00 bits per heavy atom. The first-order chi connectivity index (χ1) is 12.2. The number of rotatable bonds is 4. The maximum Gasteiger partial charge on any atom is 0.257 e. The molecule has 4 rings (SSSR count). The van der Waals surface area contributed by atoms with E-state index in [-0.39, 0.29) is 5.91 Å². The number of nitrogens with zero attached hydrogens (tertiary/aromatic N) is 3. The minimum absolute atomic E-state index is 0.151. The molecular weight excluding hydrogens is 332 g/mol. The summed E-state index contributed by atoms with van der Waals surface area (Å²) in [6.07, 6.45) is 3.66. The summed E-state index contributed by atoms with van der Waals surface area (Å²) in [6, 6.07) is 15.5. The fourth-order valence-electron chi connectivity index (χ4n) is 2.65. The Balaban J connectivity index is 1.49. The van der Waals surface area contributed by atoms with Crippen LogP contribution in [0.15, 0.2) is 60.9 Å². The summed E-state index contributed by atoms with van der Waals surface area (Å²) in [5.41, 5.74) is 3.76. The number of hydrogen-bond acceptors (Lipinski definition) is 4. The molecule has 2 aromatic heterocycles. The number of amides is 1. The Morgan fingerprint density at radius 1 is 1.16 bits per heavy atom. The van der Waals surface area contributed by atoms with Crippen molar-refractivity contribution in [3.05, 3.63) is 77.6 Å². The van der Waals surface area contributed by atoms with E-state index >= 15 is 0 Å². The second-order valence-electron chi connectivity index (χ2n) is 5.80. The van der Waals surface area contributed by atoms with Gasteiger partial charge in [0.15, 0.2) is 5.13 Å². The van der Waals surface area contributed by atoms with Crippen LogP contribution in [0.2, 0.25) is 0 Å². The van der Waals surface area contributed by atoms with Crippen molar-refractivity contribution in [3.8, 4) is 0 Å². The van der Waals surface area contributed by atoms with Crippen LogP contribution < -0.4 is 5.32 Å². The van der Waals surface area contributed by atoms with Crippen LogP contribution in [-0.4, -0.2) is 20.7 Å². The summed E-state index contributed by atoms with van der Waals surface area (Å²) in [4.78, 5) is 17.0. The molecule has 124 valence electrons. The third-order valence-corrected chi connectivity index (χ3v) is 4.90. The summed E-state index contributed by atoms with van der Waals surface area (Å²) in [5, 5.41) is 7.69. The predicted octanol–water partition coefficient (Wildman–Crippen LogP) is 4.10. The highest BCUT2D eigenvalue weighted by Crippen LogP contribution is 2.28. The van der Waals surface area contributed by atoms with Gasteiger partial charge in [0.1, 0.15) is 0 Å². The summed E-state index contributed by atoms with van der Waals surface area (Å²) >= 11 is 1.49. The van der Waals surface area contributed by atoms with Crippen LogP contribution in [0.25, 0.3) is 10.2 Å². The molecule has 0 saturated carbocycles. The molecule has 5 nitrogen and oxygen atoms in total. The Morgan fingerprint density at radius 3 is 2.72 bits per heavy atom. The second-order valence-corrected chi connectivity index (χ2v) is 6.83. The van der Waals surface area contributed by atoms with Gasteiger partial charge in [-0.3, -0.25) is 14.8 Å². The van der Waals surface area contributed by atoms with Crippen LogP contribution in [0.3, 0.4) is 0 Å². The highest BCUT2D eigenvalue weighted by atomic mass is 32.1. The van der Waals surface area contributed by atoms with E-state index in [0.29, 0.717) is 17.2 Å². The van der Waals surface area contributed by atoms with Gasteiger partial charge >= 0.3 is 0 Å². The number of aromatic nitrogens is 3. The number of thiazole rings is 1. The molecule has 0 radical (unpaired) electrons. The fraction of sp³-hybridized carbons (Fsp3) is 0.105. The summed E-state index contributed by atoms with van der Waals surface area (Å²) in [6.45, 7) is 2.71. The van der Waals surface area contributed by atoms with Gasteiger partial charge in [-0.15, -0.1) is 0 Å². The maximum atomic E-state index is 12.4. The van der Waals surface area contributed by atoms with Crippen molar-refractivity contribution < 1.29 is 4.79 Å². The summed E-state index contributed by atoms with van der Waals surface area (Å²) in [7, 11) is 0. The van der Waals surface area contributed by atoms with Crippen molar-refractivity contribution in [2.24, 2.45) is 0 Å². The maximum absolute atomic E-state index is 12.4. The van der Waals surface area contributed by atoms with Gasteiger partial charge in [0.25, 0.3) is 5.91 Å². The number of carbonyl (C=O) groups is 1. The van der Waals surface area contributed by atoms with E-state index in [0.717, 1.165) is 21.3 Å². The molecule has 0 aliphatic rings. The zero-order valence-corrected chi connectivity index (χ0v) is 14.5. The van der Waals surface area contributed by atoms with Crippen LogP contribution in [-0.2, 0) is 6.54 Å². The van der Waals surface area contributed by atoms with Crippen LogP contribution in [0.4, 0.5) is 5.13 Å². The Bertz CT molecular complexity index is 1020. The molecule has 2 aromatic carbocycles. The summed E-state index contributed by atoms with van der Waals surface area (Å²) < 4.78 is 2.92. The van der Waals surface area contributed by atoms with Crippen molar-refractivity contribution in [1.29, 1.82) is 0 Å². The van der Waals surface area contributed by atoms with E-state index in [2.05, 4.69) is 15.4 Å². The minimum atomic E-state index is -0.151. The van der Waals surface area contributed by atoms with Gasteiger partial charge < -0.3 is 0 Å². The number of fused-ring (bicyclic) bond motifs is 1. The third-order valence-electron chi connectivity index (χ3n) is 3.96. The fourth-order valence-corrected chi connectivity index (χ4v) is 3.59. The van der Waals surface area contributed by atoms with Crippen LogP contribution >= 0.6 is 11.3 Å². The Kier molecular flexibility index (Phi) is 4.03. The topological polar surface area (TPSA) is 59.8 Å². The van der Waals surface area contributed by atoms with Crippen molar-refractivity contribution in [1.82, 2.24) is 14.8 Å². The lowest BCUT2D eigenvalue weighted by molar-refractivity contribution is 0.102. The number of aryl methyl sites for hydroxylation is 1. The smallest absolute Gasteiger partial charge is 0.257 e. The molecule has 0 aliphatic heterocycles. The van der Waals surface area contributed by atoms with Crippen molar-refractivity contribution >= 4 is 32.6 Å². The van der Waals surface area contributed by atoms with E-state index in [9.17, 15) is 4.79 Å². The molecular formula is C19H16N4OS. The molecule has 0 fully saturated rings. The number of benzene rings is 2. The monoisotopic (exact) mass is 348 g/mol. The van der Waals surface area contributed by atoms with Gasteiger partial charge in [-0.1, -0.05) is 35.6 Å². The molecule has 0 spiro atoms. The summed E-state index contributed by atoms with van der Waals surface area (Å²) in [5.74, 6) is -0.151. The molecule has 6 heteroatoms. The lowest BCUT2D eigenvalue weighted by Crippen LogP contribution is -2.11. The van der Waals surface area contributed by atoms with Gasteiger partial charge in [-0.2, -0.15) is 5.10 Å². The standard InChI is InChI=1S/C19H16N4OS/c1-13-4-2-5-16-17(13)21-19(25-16)22-18(24)15-8-6-14(7-9-15)12-23-11-3-10-20-23/h2-11H,12H2,1H3,(H,21,22,24). The largest absolute Gasteiger partial charge is 0.298 e. The van der Waals surface area contributed by atoms with Gasteiger partial charge in [-0.05, 0) is 42.3 Å². The minimum Gasteiger partial charge on any atom is -0.298 e. The Hall–Kier alpha value is -2.99. The first-order valence-electron chi connectivity index (χ1n) is 7.93. The highest BCUT2D eigenvalue weighted by Gasteiger charge is 2.11. The second kappa shape index (κ2) is 6.49. The first kappa shape index (κ1) is 15.5. The van der Waals surface area contributed by atoms with E-state index < -0.39 is 0 Å². The van der Waals surface area contributed by atoms with E-state index in [1.165, 1.54) is 11.3 Å². The normalized spacial score (nSPS) is 10.9. The van der Waals surface area contributed by atoms with Gasteiger partial charge in [0.05, 0.1) is 16.8 Å². The number of nitrogens with one attached hydrogen (secondary N) is 1. The molecule has 0 saturated heterocycles. The van der Waals surface area contributed by atoms with Crippen LogP contribution in [0, 0.1) is 6.92 Å². The lowest BCUT2D eigenvalue weighted by atomic mass is 10.1. The number of para-hydroxylation sites is 1. The zero-order valence-electron chi connectivity index (χ0n) is 13.6. The van der Waals surface area contributed by atoms with Crippen molar-refractivity contribution in [2.75, 3.05) is 5.32 Å². The van der Waals surface area contributed by atoms with Crippen molar-refractivity contribution in [2.45, 2.75) is 13.5 Å². The SMILES string of the molecule is Cc1cccc2sc(NC(=O)c3ccc(Cn4cccn4)cc3)nc12. The quantitative estimate of drug-likeness (QED) is 0.604. The number of anilines is 1. The third kappa shape index (κ3) is 3.29. The van der Waals surface area contributed by atoms with Crippen LogP contribution in [0.5, 0.6) is 0 Å². The van der Waals surface area contributed by atoms with E-state index in [1.807, 2.05) is 66.3 Å². The average molecular weight is 348 g/mol. The molecule has 0 atom stereocenters. The molecule has 0 unspecified atom stereocenters. The number of carbonyl (C=O) groups excluding carboxylic acids is 1. The zero-order chi connectivity index (χ0) is 17.2. The van der Waals surface area contributed by atoms with Crippen LogP contribution in [0.1, 0.15) is 21.5 Å². The molecule has 0 aliphatic carbocycles. The lowest BCUT2D eigenvalue weighted by Gasteiger charge is -2.04. The highest BCUT2D eigenvalue weighted by molar-refractivity contribution is 7.22. The molecule has 1 amide bonds. The molecule has 2 heterocycles. The Labute approximate surface area is 149 Å². The number of hydrogen-bond donors (Lipinski definition) is 1. The molecule has 0 bridgehead atoms. The molecule has 1 N–H and O–H groups in total. The van der Waals surface area contributed by atoms with E-state index in [1.54, 1.807) is 6.20 Å². The van der Waals surface area contributed by atoms with Gasteiger partial charge in [0, 0.05) is 18.0 Å².